The molecule has 0 N–H and O–H groups in total. The molecular formula is C20H21N3O4S. The highest BCUT2D eigenvalue weighted by Crippen LogP contribution is 2.27. The number of aryl methyl sites for hydroxylation is 1. The quantitative estimate of drug-likeness (QED) is 0.721. The lowest BCUT2D eigenvalue weighted by Crippen LogP contribution is -2.38. The second-order valence-corrected chi connectivity index (χ2v) is 7.72. The summed E-state index contributed by atoms with van der Waals surface area (Å²) < 4.78 is 5.19. The molecule has 1 saturated heterocycles. The van der Waals surface area contributed by atoms with E-state index in [2.05, 4.69) is 4.98 Å². The number of benzene rings is 1. The van der Waals surface area contributed by atoms with Crippen molar-refractivity contribution in [2.75, 3.05) is 29.5 Å². The van der Waals surface area contributed by atoms with Gasteiger partial charge in [-0.2, -0.15) is 0 Å². The van der Waals surface area contributed by atoms with E-state index in [0.717, 1.165) is 30.5 Å². The van der Waals surface area contributed by atoms with E-state index >= 15 is 0 Å². The largest absolute Gasteiger partial charge is 0.455 e. The van der Waals surface area contributed by atoms with Crippen molar-refractivity contribution in [3.63, 3.8) is 0 Å². The van der Waals surface area contributed by atoms with Crippen LogP contribution in [0, 0.1) is 0 Å². The standard InChI is InChI=1S/C20H21N3O4S/c24-17-8-4-10-23(17)20-21-15(13-28-20)11-19(26)27-12-18(25)22-9-3-6-14-5-1-2-7-16(14)22/h1-2,5,7,13H,3-4,6,8-12H2. The Labute approximate surface area is 166 Å². The molecule has 146 valence electrons. The number of aromatic nitrogens is 1. The van der Waals surface area contributed by atoms with Gasteiger partial charge in [0, 0.05) is 30.6 Å². The number of rotatable bonds is 5. The number of carbonyl (C=O) groups is 3. The van der Waals surface area contributed by atoms with Gasteiger partial charge >= 0.3 is 5.97 Å². The average molecular weight is 399 g/mol. The molecule has 2 aliphatic heterocycles. The molecule has 0 atom stereocenters. The maximum absolute atomic E-state index is 12.5. The highest BCUT2D eigenvalue weighted by Gasteiger charge is 2.25. The van der Waals surface area contributed by atoms with Crippen LogP contribution >= 0.6 is 11.3 Å². The normalized spacial score (nSPS) is 16.2. The first kappa shape index (κ1) is 18.6. The van der Waals surface area contributed by atoms with E-state index in [0.29, 0.717) is 30.3 Å². The molecule has 2 aromatic rings. The van der Waals surface area contributed by atoms with Crippen molar-refractivity contribution < 1.29 is 19.1 Å². The summed E-state index contributed by atoms with van der Waals surface area (Å²) in [5.41, 5.74) is 2.59. The molecule has 0 bridgehead atoms. The molecule has 0 unspecified atom stereocenters. The second-order valence-electron chi connectivity index (χ2n) is 6.89. The summed E-state index contributed by atoms with van der Waals surface area (Å²) in [6, 6.07) is 7.81. The van der Waals surface area contributed by atoms with Crippen LogP contribution in [0.1, 0.15) is 30.5 Å². The Morgan fingerprint density at radius 1 is 1.14 bits per heavy atom. The lowest BCUT2D eigenvalue weighted by Gasteiger charge is -2.29. The Balaban J connectivity index is 1.31. The van der Waals surface area contributed by atoms with Crippen molar-refractivity contribution in [2.45, 2.75) is 32.1 Å². The number of amides is 2. The summed E-state index contributed by atoms with van der Waals surface area (Å²) in [5, 5.41) is 2.37. The molecule has 2 aliphatic rings. The van der Waals surface area contributed by atoms with Gasteiger partial charge in [0.15, 0.2) is 11.7 Å². The Morgan fingerprint density at radius 2 is 1.96 bits per heavy atom. The van der Waals surface area contributed by atoms with Gasteiger partial charge in [-0.25, -0.2) is 4.98 Å². The Morgan fingerprint density at radius 3 is 2.79 bits per heavy atom. The Kier molecular flexibility index (Phi) is 5.38. The molecule has 0 aliphatic carbocycles. The van der Waals surface area contributed by atoms with E-state index in [1.54, 1.807) is 15.2 Å². The van der Waals surface area contributed by atoms with Gasteiger partial charge in [0.05, 0.1) is 12.1 Å². The molecule has 0 spiro atoms. The SMILES string of the molecule is O=C(Cc1csc(N2CCCC2=O)n1)OCC(=O)N1CCCc2ccccc21. The molecule has 4 rings (SSSR count). The van der Waals surface area contributed by atoms with E-state index in [4.69, 9.17) is 4.74 Å². The molecule has 8 heteroatoms. The molecular weight excluding hydrogens is 378 g/mol. The number of carbonyl (C=O) groups excluding carboxylic acids is 3. The number of ether oxygens (including phenoxy) is 1. The number of para-hydroxylation sites is 1. The number of nitrogens with zero attached hydrogens (tertiary/aromatic N) is 3. The minimum absolute atomic E-state index is 0.0115. The van der Waals surface area contributed by atoms with E-state index in [9.17, 15) is 14.4 Å². The van der Waals surface area contributed by atoms with Crippen molar-refractivity contribution in [3.05, 3.63) is 40.9 Å². The van der Waals surface area contributed by atoms with Crippen LogP contribution in [0.3, 0.4) is 0 Å². The summed E-state index contributed by atoms with van der Waals surface area (Å²) >= 11 is 1.34. The lowest BCUT2D eigenvalue weighted by molar-refractivity contribution is -0.147. The van der Waals surface area contributed by atoms with Gasteiger partial charge < -0.3 is 9.64 Å². The van der Waals surface area contributed by atoms with Gasteiger partial charge in [-0.3, -0.25) is 19.3 Å². The van der Waals surface area contributed by atoms with Gasteiger partial charge in [0.1, 0.15) is 0 Å². The molecule has 1 aromatic carbocycles. The topological polar surface area (TPSA) is 79.8 Å². The molecule has 28 heavy (non-hydrogen) atoms. The number of hydrogen-bond acceptors (Lipinski definition) is 6. The second kappa shape index (κ2) is 8.10. The molecule has 7 nitrogen and oxygen atoms in total. The summed E-state index contributed by atoms with van der Waals surface area (Å²) in [4.78, 5) is 44.1. The highest BCUT2D eigenvalue weighted by molar-refractivity contribution is 7.14. The van der Waals surface area contributed by atoms with Gasteiger partial charge in [-0.15, -0.1) is 11.3 Å². The zero-order valence-electron chi connectivity index (χ0n) is 15.4. The Bertz CT molecular complexity index is 910. The number of fused-ring (bicyclic) bond motifs is 1. The third-order valence-electron chi connectivity index (χ3n) is 4.94. The van der Waals surface area contributed by atoms with Crippen LogP contribution in [0.5, 0.6) is 0 Å². The first-order valence-corrected chi connectivity index (χ1v) is 10.3. The van der Waals surface area contributed by atoms with E-state index in [-0.39, 0.29) is 24.8 Å². The number of anilines is 2. The van der Waals surface area contributed by atoms with Crippen LogP contribution in [-0.4, -0.2) is 42.5 Å². The van der Waals surface area contributed by atoms with Gasteiger partial charge in [0.25, 0.3) is 5.91 Å². The van der Waals surface area contributed by atoms with Crippen molar-refractivity contribution in [2.24, 2.45) is 0 Å². The van der Waals surface area contributed by atoms with Crippen molar-refractivity contribution in [1.82, 2.24) is 4.98 Å². The van der Waals surface area contributed by atoms with Crippen molar-refractivity contribution >= 4 is 39.9 Å². The summed E-state index contributed by atoms with van der Waals surface area (Å²) in [6.45, 7) is 1.02. The number of hydrogen-bond donors (Lipinski definition) is 0. The fourth-order valence-corrected chi connectivity index (χ4v) is 4.43. The van der Waals surface area contributed by atoms with Crippen LogP contribution in [0.15, 0.2) is 29.6 Å². The van der Waals surface area contributed by atoms with E-state index < -0.39 is 5.97 Å². The van der Waals surface area contributed by atoms with Crippen LogP contribution in [0.25, 0.3) is 0 Å². The number of esters is 1. The molecule has 2 amide bonds. The zero-order valence-corrected chi connectivity index (χ0v) is 16.2. The molecule has 3 heterocycles. The maximum Gasteiger partial charge on any atom is 0.312 e. The monoisotopic (exact) mass is 399 g/mol. The van der Waals surface area contributed by atoms with E-state index in [1.807, 2.05) is 24.3 Å². The average Bonchev–Trinajstić information content (AvgIpc) is 3.34. The van der Waals surface area contributed by atoms with Crippen LogP contribution in [-0.2, 0) is 32.0 Å². The van der Waals surface area contributed by atoms with Crippen LogP contribution in [0.4, 0.5) is 10.8 Å². The van der Waals surface area contributed by atoms with Crippen LogP contribution in [0.2, 0.25) is 0 Å². The summed E-state index contributed by atoms with van der Waals surface area (Å²) in [7, 11) is 0. The lowest BCUT2D eigenvalue weighted by atomic mass is 10.0. The Hall–Kier alpha value is -2.74. The first-order chi connectivity index (χ1) is 13.6. The third-order valence-corrected chi connectivity index (χ3v) is 5.85. The predicted octanol–water partition coefficient (Wildman–Crippen LogP) is 2.33. The minimum Gasteiger partial charge on any atom is -0.455 e. The van der Waals surface area contributed by atoms with Gasteiger partial charge in [-0.1, -0.05) is 18.2 Å². The summed E-state index contributed by atoms with van der Waals surface area (Å²) in [5.74, 6) is -0.652. The zero-order chi connectivity index (χ0) is 19.5. The van der Waals surface area contributed by atoms with Crippen LogP contribution < -0.4 is 9.80 Å². The van der Waals surface area contributed by atoms with E-state index in [1.165, 1.54) is 11.3 Å². The third kappa shape index (κ3) is 3.91. The fraction of sp³-hybridized carbons (Fsp3) is 0.400. The molecule has 1 fully saturated rings. The van der Waals surface area contributed by atoms with Gasteiger partial charge in [0.2, 0.25) is 5.91 Å². The maximum atomic E-state index is 12.5. The van der Waals surface area contributed by atoms with Crippen molar-refractivity contribution in [3.8, 4) is 0 Å². The summed E-state index contributed by atoms with van der Waals surface area (Å²) in [6.07, 6.45) is 3.21. The minimum atomic E-state index is -0.497. The van der Waals surface area contributed by atoms with Gasteiger partial charge in [-0.05, 0) is 30.9 Å². The highest BCUT2D eigenvalue weighted by atomic mass is 32.1. The molecule has 0 saturated carbocycles. The molecule has 1 aromatic heterocycles. The predicted molar refractivity (Wildman–Crippen MR) is 105 cm³/mol. The molecule has 0 radical (unpaired) electrons. The smallest absolute Gasteiger partial charge is 0.312 e. The first-order valence-electron chi connectivity index (χ1n) is 9.40. The fourth-order valence-electron chi connectivity index (χ4n) is 3.56. The van der Waals surface area contributed by atoms with Crippen molar-refractivity contribution in [1.29, 1.82) is 0 Å². The number of thiazole rings is 1.